The second-order valence-corrected chi connectivity index (χ2v) is 4.91. The average Bonchev–Trinajstić information content (AvgIpc) is 2.88. The normalized spacial score (nSPS) is 13.0. The van der Waals surface area contributed by atoms with Gasteiger partial charge >= 0.3 is 6.18 Å². The van der Waals surface area contributed by atoms with Crippen molar-refractivity contribution in [3.8, 4) is 0 Å². The predicted octanol–water partition coefficient (Wildman–Crippen LogP) is 1.77. The SMILES string of the molecule is NC(=O)C(=C1Nc2ccccc2N1)c1nc(N)cc(C(F)(F)F)n1. The minimum absolute atomic E-state index is 0.0856. The second kappa shape index (κ2) is 5.41. The van der Waals surface area contributed by atoms with Crippen molar-refractivity contribution in [2.45, 2.75) is 6.18 Å². The number of nitrogens with one attached hydrogen (secondary N) is 2. The zero-order valence-electron chi connectivity index (χ0n) is 12.0. The summed E-state index contributed by atoms with van der Waals surface area (Å²) in [5.74, 6) is -1.86. The van der Waals surface area contributed by atoms with Crippen LogP contribution in [0.15, 0.2) is 36.2 Å². The number of primary amides is 1. The van der Waals surface area contributed by atoms with Gasteiger partial charge in [0.25, 0.3) is 5.91 Å². The van der Waals surface area contributed by atoms with Crippen molar-refractivity contribution in [2.24, 2.45) is 5.73 Å². The molecule has 1 aliphatic heterocycles. The molecule has 0 fully saturated rings. The van der Waals surface area contributed by atoms with Crippen LogP contribution in [-0.4, -0.2) is 15.9 Å². The molecule has 0 unspecified atom stereocenters. The summed E-state index contributed by atoms with van der Waals surface area (Å²) in [6, 6.07) is 7.51. The van der Waals surface area contributed by atoms with Gasteiger partial charge in [0.2, 0.25) is 0 Å². The average molecular weight is 336 g/mol. The lowest BCUT2D eigenvalue weighted by Crippen LogP contribution is -2.22. The molecule has 3 rings (SSSR count). The van der Waals surface area contributed by atoms with Crippen LogP contribution in [0.2, 0.25) is 0 Å². The number of nitrogens with two attached hydrogens (primary N) is 2. The minimum atomic E-state index is -4.74. The van der Waals surface area contributed by atoms with E-state index in [1.54, 1.807) is 24.3 Å². The fourth-order valence-electron chi connectivity index (χ4n) is 2.19. The zero-order chi connectivity index (χ0) is 17.5. The third-order valence-electron chi connectivity index (χ3n) is 3.20. The largest absolute Gasteiger partial charge is 0.433 e. The molecule has 0 atom stereocenters. The molecule has 1 aliphatic rings. The highest BCUT2D eigenvalue weighted by Crippen LogP contribution is 2.34. The Bertz CT molecular complexity index is 835. The lowest BCUT2D eigenvalue weighted by atomic mass is 10.2. The van der Waals surface area contributed by atoms with Gasteiger partial charge in [0, 0.05) is 6.07 Å². The number of alkyl halides is 3. The Morgan fingerprint density at radius 2 is 1.67 bits per heavy atom. The molecule has 2 heterocycles. The molecule has 24 heavy (non-hydrogen) atoms. The van der Waals surface area contributed by atoms with E-state index in [4.69, 9.17) is 11.5 Å². The maximum Gasteiger partial charge on any atom is 0.433 e. The summed E-state index contributed by atoms with van der Waals surface area (Å²) >= 11 is 0. The van der Waals surface area contributed by atoms with E-state index in [1.807, 2.05) is 0 Å². The summed E-state index contributed by atoms with van der Waals surface area (Å²) < 4.78 is 38.7. The van der Waals surface area contributed by atoms with E-state index in [1.165, 1.54) is 0 Å². The molecule has 0 radical (unpaired) electrons. The van der Waals surface area contributed by atoms with Crippen molar-refractivity contribution in [3.63, 3.8) is 0 Å². The van der Waals surface area contributed by atoms with Crippen molar-refractivity contribution < 1.29 is 18.0 Å². The Balaban J connectivity index is 2.13. The summed E-state index contributed by atoms with van der Waals surface area (Å²) in [4.78, 5) is 18.9. The van der Waals surface area contributed by atoms with Crippen molar-refractivity contribution in [1.82, 2.24) is 9.97 Å². The molecule has 1 aromatic carbocycles. The number of carbonyl (C=O) groups excluding carboxylic acids is 1. The fourth-order valence-corrected chi connectivity index (χ4v) is 2.19. The number of para-hydroxylation sites is 2. The first-order chi connectivity index (χ1) is 11.3. The van der Waals surface area contributed by atoms with Gasteiger partial charge in [-0.05, 0) is 12.1 Å². The molecule has 0 saturated heterocycles. The van der Waals surface area contributed by atoms with Crippen LogP contribution in [0.5, 0.6) is 0 Å². The summed E-state index contributed by atoms with van der Waals surface area (Å²) in [6.07, 6.45) is -4.74. The van der Waals surface area contributed by atoms with E-state index in [-0.39, 0.29) is 11.4 Å². The van der Waals surface area contributed by atoms with Gasteiger partial charge in [-0.1, -0.05) is 12.1 Å². The molecular weight excluding hydrogens is 325 g/mol. The number of amides is 1. The Morgan fingerprint density at radius 1 is 1.08 bits per heavy atom. The van der Waals surface area contributed by atoms with Crippen LogP contribution < -0.4 is 22.1 Å². The molecule has 0 aliphatic carbocycles. The number of aromatic nitrogens is 2. The second-order valence-electron chi connectivity index (χ2n) is 4.91. The van der Waals surface area contributed by atoms with Crippen LogP contribution in [-0.2, 0) is 11.0 Å². The lowest BCUT2D eigenvalue weighted by molar-refractivity contribution is -0.141. The molecule has 1 aromatic heterocycles. The molecule has 10 heteroatoms. The smallest absolute Gasteiger partial charge is 0.384 e. The van der Waals surface area contributed by atoms with E-state index in [0.717, 1.165) is 0 Å². The highest BCUT2D eigenvalue weighted by molar-refractivity contribution is 6.20. The van der Waals surface area contributed by atoms with E-state index >= 15 is 0 Å². The van der Waals surface area contributed by atoms with Crippen molar-refractivity contribution >= 4 is 28.7 Å². The van der Waals surface area contributed by atoms with Crippen molar-refractivity contribution in [3.05, 3.63) is 47.7 Å². The maximum atomic E-state index is 12.9. The standard InChI is InChI=1S/C14H11F3N6O/c15-14(16,17)8-5-9(18)23-13(22-8)10(11(19)24)12-20-6-3-1-2-4-7(6)21-12/h1-5,20-21H,(H2,19,24)(H2,18,22,23). The van der Waals surface area contributed by atoms with Crippen molar-refractivity contribution in [1.29, 1.82) is 0 Å². The number of benzene rings is 1. The molecule has 124 valence electrons. The number of halogens is 3. The Labute approximate surface area is 133 Å². The molecule has 0 spiro atoms. The molecule has 7 nitrogen and oxygen atoms in total. The van der Waals surface area contributed by atoms with Gasteiger partial charge in [-0.25, -0.2) is 9.97 Å². The van der Waals surface area contributed by atoms with Crippen LogP contribution >= 0.6 is 0 Å². The summed E-state index contributed by atoms with van der Waals surface area (Å²) in [5, 5.41) is 5.72. The quantitative estimate of drug-likeness (QED) is 0.621. The molecule has 1 amide bonds. The number of carbonyl (C=O) groups is 1. The molecule has 6 N–H and O–H groups in total. The van der Waals surface area contributed by atoms with E-state index < -0.39 is 29.4 Å². The Kier molecular flexibility index (Phi) is 3.51. The number of rotatable bonds is 2. The number of fused-ring (bicyclic) bond motifs is 1. The molecular formula is C14H11F3N6O. The third-order valence-corrected chi connectivity index (χ3v) is 3.20. The highest BCUT2D eigenvalue weighted by Gasteiger charge is 2.35. The van der Waals surface area contributed by atoms with Gasteiger partial charge in [-0.3, -0.25) is 4.79 Å². The Morgan fingerprint density at radius 3 is 2.17 bits per heavy atom. The van der Waals surface area contributed by atoms with Crippen LogP contribution in [0.3, 0.4) is 0 Å². The monoisotopic (exact) mass is 336 g/mol. The lowest BCUT2D eigenvalue weighted by Gasteiger charge is -2.11. The number of anilines is 3. The van der Waals surface area contributed by atoms with Gasteiger partial charge in [0.1, 0.15) is 17.2 Å². The van der Waals surface area contributed by atoms with Crippen molar-refractivity contribution in [2.75, 3.05) is 16.4 Å². The highest BCUT2D eigenvalue weighted by atomic mass is 19.4. The number of hydrogen-bond acceptors (Lipinski definition) is 6. The predicted molar refractivity (Wildman–Crippen MR) is 81.2 cm³/mol. The first-order valence-electron chi connectivity index (χ1n) is 6.65. The van der Waals surface area contributed by atoms with Crippen LogP contribution in [0.1, 0.15) is 11.5 Å². The topological polar surface area (TPSA) is 119 Å². The fraction of sp³-hybridized carbons (Fsp3) is 0.0714. The van der Waals surface area contributed by atoms with E-state index in [0.29, 0.717) is 17.4 Å². The summed E-state index contributed by atoms with van der Waals surface area (Å²) in [5.41, 5.74) is 10.4. The van der Waals surface area contributed by atoms with Gasteiger partial charge in [0.15, 0.2) is 11.5 Å². The maximum absolute atomic E-state index is 12.9. The van der Waals surface area contributed by atoms with Gasteiger partial charge < -0.3 is 22.1 Å². The minimum Gasteiger partial charge on any atom is -0.384 e. The van der Waals surface area contributed by atoms with Crippen LogP contribution in [0, 0.1) is 0 Å². The zero-order valence-corrected chi connectivity index (χ0v) is 12.0. The summed E-state index contributed by atoms with van der Waals surface area (Å²) in [6.45, 7) is 0. The number of nitrogens with zero attached hydrogens (tertiary/aromatic N) is 2. The van der Waals surface area contributed by atoms with Crippen LogP contribution in [0.4, 0.5) is 30.4 Å². The summed E-state index contributed by atoms with van der Waals surface area (Å²) in [7, 11) is 0. The van der Waals surface area contributed by atoms with Gasteiger partial charge in [0.05, 0.1) is 11.4 Å². The van der Waals surface area contributed by atoms with Crippen LogP contribution in [0.25, 0.3) is 5.57 Å². The molecule has 0 bridgehead atoms. The first kappa shape index (κ1) is 15.6. The third kappa shape index (κ3) is 2.81. The Hall–Kier alpha value is -3.30. The van der Waals surface area contributed by atoms with E-state index in [9.17, 15) is 18.0 Å². The first-order valence-corrected chi connectivity index (χ1v) is 6.65. The van der Waals surface area contributed by atoms with Gasteiger partial charge in [-0.2, -0.15) is 13.2 Å². The van der Waals surface area contributed by atoms with E-state index in [2.05, 4.69) is 20.6 Å². The molecule has 0 saturated carbocycles. The van der Waals surface area contributed by atoms with Gasteiger partial charge in [-0.15, -0.1) is 0 Å². The molecule has 2 aromatic rings. The number of hydrogen-bond donors (Lipinski definition) is 4. The number of nitrogen functional groups attached to an aromatic ring is 1.